The number of imide groups is 1. The van der Waals surface area contributed by atoms with E-state index in [9.17, 15) is 9.59 Å². The Hall–Kier alpha value is -1.46. The number of amides is 2. The van der Waals surface area contributed by atoms with Gasteiger partial charge in [0.1, 0.15) is 18.4 Å². The van der Waals surface area contributed by atoms with Crippen molar-refractivity contribution >= 4 is 23.4 Å². The van der Waals surface area contributed by atoms with E-state index >= 15 is 0 Å². The van der Waals surface area contributed by atoms with Crippen LogP contribution in [0.5, 0.6) is 0 Å². The largest absolute Gasteiger partial charge is 0.362 e. The molecule has 0 N–H and O–H groups in total. The van der Waals surface area contributed by atoms with Crippen LogP contribution in [0.3, 0.4) is 0 Å². The minimum Gasteiger partial charge on any atom is -0.362 e. The number of ether oxygens (including phenoxy) is 1. The van der Waals surface area contributed by atoms with E-state index in [1.165, 1.54) is 0 Å². The first kappa shape index (κ1) is 11.0. The Balaban J connectivity index is 2.17. The van der Waals surface area contributed by atoms with Gasteiger partial charge in [-0.1, -0.05) is 17.7 Å². The number of nitrogens with zero attached hydrogens (tertiary/aromatic N) is 2. The van der Waals surface area contributed by atoms with Crippen LogP contribution in [0.1, 0.15) is 5.56 Å². The molecule has 0 radical (unpaired) electrons. The van der Waals surface area contributed by atoms with Gasteiger partial charge in [0.2, 0.25) is 0 Å². The van der Waals surface area contributed by atoms with Gasteiger partial charge in [0, 0.05) is 11.8 Å². The van der Waals surface area contributed by atoms with E-state index in [0.717, 1.165) is 4.90 Å². The van der Waals surface area contributed by atoms with Crippen molar-refractivity contribution in [1.82, 2.24) is 9.88 Å². The molecule has 0 bridgehead atoms. The van der Waals surface area contributed by atoms with Crippen LogP contribution in [-0.4, -0.2) is 34.9 Å². The number of aromatic nitrogens is 1. The van der Waals surface area contributed by atoms with E-state index in [1.807, 2.05) is 0 Å². The monoisotopic (exact) mass is 240 g/mol. The third-order valence-electron chi connectivity index (χ3n) is 2.22. The second-order valence-corrected chi connectivity index (χ2v) is 3.68. The van der Waals surface area contributed by atoms with E-state index in [2.05, 4.69) is 4.98 Å². The molecule has 84 valence electrons. The van der Waals surface area contributed by atoms with Crippen molar-refractivity contribution in [2.24, 2.45) is 0 Å². The maximum atomic E-state index is 11.4. The Morgan fingerprint density at radius 2 is 2.06 bits per heavy atom. The predicted molar refractivity (Wildman–Crippen MR) is 55.6 cm³/mol. The summed E-state index contributed by atoms with van der Waals surface area (Å²) in [6, 6.07) is 3.43. The second-order valence-electron chi connectivity index (χ2n) is 3.32. The summed E-state index contributed by atoms with van der Waals surface area (Å²) in [6.45, 7) is 0.0148. The molecule has 5 nitrogen and oxygen atoms in total. The molecule has 2 rings (SSSR count). The van der Waals surface area contributed by atoms with Crippen molar-refractivity contribution in [3.63, 3.8) is 0 Å². The molecule has 1 fully saturated rings. The molecule has 0 saturated carbocycles. The summed E-state index contributed by atoms with van der Waals surface area (Å²) in [5.41, 5.74) is 0.646. The Morgan fingerprint density at radius 3 is 2.69 bits per heavy atom. The number of halogens is 1. The number of morpholine rings is 1. The predicted octanol–water partition coefficient (Wildman–Crippen LogP) is 0.620. The smallest absolute Gasteiger partial charge is 0.255 e. The van der Waals surface area contributed by atoms with Crippen LogP contribution in [0.2, 0.25) is 5.15 Å². The summed E-state index contributed by atoms with van der Waals surface area (Å²) >= 11 is 5.85. The van der Waals surface area contributed by atoms with Gasteiger partial charge >= 0.3 is 0 Å². The summed E-state index contributed by atoms with van der Waals surface area (Å²) in [5.74, 6) is -0.702. The molecule has 2 heterocycles. The number of hydrogen-bond donors (Lipinski definition) is 0. The standard InChI is InChI=1S/C10H9ClN2O3/c11-10-7(2-1-3-12-10)4-13-8(14)5-16-6-9(13)15/h1-3H,4-6H2. The quantitative estimate of drug-likeness (QED) is 0.562. The van der Waals surface area contributed by atoms with Crippen LogP contribution < -0.4 is 0 Å². The average Bonchev–Trinajstić information content (AvgIpc) is 2.26. The fraction of sp³-hybridized carbons (Fsp3) is 0.300. The molecular weight excluding hydrogens is 232 g/mol. The summed E-state index contributed by atoms with van der Waals surface area (Å²) in [7, 11) is 0. The van der Waals surface area contributed by atoms with E-state index in [-0.39, 0.29) is 31.6 Å². The Morgan fingerprint density at radius 1 is 1.38 bits per heavy atom. The van der Waals surface area contributed by atoms with Crippen molar-refractivity contribution in [1.29, 1.82) is 0 Å². The van der Waals surface area contributed by atoms with Gasteiger partial charge < -0.3 is 4.74 Å². The van der Waals surface area contributed by atoms with Gasteiger partial charge in [-0.05, 0) is 6.07 Å². The zero-order valence-corrected chi connectivity index (χ0v) is 9.11. The fourth-order valence-corrected chi connectivity index (χ4v) is 1.58. The maximum Gasteiger partial charge on any atom is 0.255 e. The van der Waals surface area contributed by atoms with Gasteiger partial charge in [-0.2, -0.15) is 0 Å². The number of rotatable bonds is 2. The van der Waals surface area contributed by atoms with Gasteiger partial charge in [0.15, 0.2) is 0 Å². The molecule has 1 aromatic heterocycles. The van der Waals surface area contributed by atoms with Crippen LogP contribution in [0.25, 0.3) is 0 Å². The minimum atomic E-state index is -0.351. The molecule has 1 aliphatic rings. The van der Waals surface area contributed by atoms with E-state index in [4.69, 9.17) is 16.3 Å². The Labute approximate surface area is 97.0 Å². The topological polar surface area (TPSA) is 59.5 Å². The summed E-state index contributed by atoms with van der Waals surface area (Å²) in [4.78, 5) is 27.9. The minimum absolute atomic E-state index is 0.0659. The molecular formula is C10H9ClN2O3. The summed E-state index contributed by atoms with van der Waals surface area (Å²) in [6.07, 6.45) is 1.55. The Kier molecular flexibility index (Phi) is 3.17. The average molecular weight is 241 g/mol. The highest BCUT2D eigenvalue weighted by molar-refractivity contribution is 6.30. The van der Waals surface area contributed by atoms with Crippen molar-refractivity contribution < 1.29 is 14.3 Å². The number of hydrogen-bond acceptors (Lipinski definition) is 4. The highest BCUT2D eigenvalue weighted by atomic mass is 35.5. The molecule has 16 heavy (non-hydrogen) atoms. The first-order valence-electron chi connectivity index (χ1n) is 4.69. The number of carbonyl (C=O) groups is 2. The van der Waals surface area contributed by atoms with E-state index < -0.39 is 0 Å². The molecule has 2 amide bonds. The highest BCUT2D eigenvalue weighted by Crippen LogP contribution is 2.15. The first-order valence-corrected chi connectivity index (χ1v) is 5.06. The molecule has 0 spiro atoms. The number of carbonyl (C=O) groups excluding carboxylic acids is 2. The molecule has 1 aromatic rings. The summed E-state index contributed by atoms with van der Waals surface area (Å²) in [5, 5.41) is 0.301. The molecule has 0 atom stereocenters. The summed E-state index contributed by atoms with van der Waals surface area (Å²) < 4.78 is 4.80. The molecule has 0 aromatic carbocycles. The van der Waals surface area contributed by atoms with E-state index in [1.54, 1.807) is 18.3 Å². The molecule has 0 aliphatic carbocycles. The van der Waals surface area contributed by atoms with Crippen molar-refractivity contribution in [3.8, 4) is 0 Å². The van der Waals surface area contributed by atoms with Gasteiger partial charge in [0.25, 0.3) is 11.8 Å². The van der Waals surface area contributed by atoms with Crippen molar-refractivity contribution in [2.75, 3.05) is 13.2 Å². The zero-order valence-electron chi connectivity index (χ0n) is 8.35. The zero-order chi connectivity index (χ0) is 11.5. The van der Waals surface area contributed by atoms with Crippen LogP contribution in [0, 0.1) is 0 Å². The Bertz CT molecular complexity index is 420. The molecule has 1 aliphatic heterocycles. The molecule has 0 unspecified atom stereocenters. The fourth-order valence-electron chi connectivity index (χ4n) is 1.40. The first-order chi connectivity index (χ1) is 7.68. The van der Waals surface area contributed by atoms with Gasteiger partial charge in [-0.15, -0.1) is 0 Å². The lowest BCUT2D eigenvalue weighted by atomic mass is 10.2. The lowest BCUT2D eigenvalue weighted by Gasteiger charge is -2.24. The van der Waals surface area contributed by atoms with Crippen LogP contribution in [0.4, 0.5) is 0 Å². The van der Waals surface area contributed by atoms with Crippen LogP contribution in [0.15, 0.2) is 18.3 Å². The molecule has 6 heteroatoms. The number of pyridine rings is 1. The van der Waals surface area contributed by atoms with Crippen molar-refractivity contribution in [2.45, 2.75) is 6.54 Å². The van der Waals surface area contributed by atoms with Crippen LogP contribution in [-0.2, 0) is 20.9 Å². The lowest BCUT2D eigenvalue weighted by molar-refractivity contribution is -0.159. The van der Waals surface area contributed by atoms with E-state index in [0.29, 0.717) is 10.7 Å². The third-order valence-corrected chi connectivity index (χ3v) is 2.56. The van der Waals surface area contributed by atoms with Gasteiger partial charge in [-0.25, -0.2) is 4.98 Å². The maximum absolute atomic E-state index is 11.4. The van der Waals surface area contributed by atoms with Crippen LogP contribution >= 0.6 is 11.6 Å². The second kappa shape index (κ2) is 4.59. The highest BCUT2D eigenvalue weighted by Gasteiger charge is 2.27. The van der Waals surface area contributed by atoms with Gasteiger partial charge in [0.05, 0.1) is 6.54 Å². The van der Waals surface area contributed by atoms with Crippen molar-refractivity contribution in [3.05, 3.63) is 29.0 Å². The lowest BCUT2D eigenvalue weighted by Crippen LogP contribution is -2.45. The van der Waals surface area contributed by atoms with Gasteiger partial charge in [-0.3, -0.25) is 14.5 Å². The third kappa shape index (κ3) is 2.20. The SMILES string of the molecule is O=C1COCC(=O)N1Cc1cccnc1Cl. The molecule has 1 saturated heterocycles. The normalized spacial score (nSPS) is 16.7.